The normalized spacial score (nSPS) is 14.6. The lowest BCUT2D eigenvalue weighted by Gasteiger charge is -2.29. The Labute approximate surface area is 771 Å². The van der Waals surface area contributed by atoms with E-state index < -0.39 is 228 Å². The molecule has 0 aliphatic rings. The van der Waals surface area contributed by atoms with E-state index in [1.54, 1.807) is 69.2 Å². The zero-order valence-corrected chi connectivity index (χ0v) is 77.3. The van der Waals surface area contributed by atoms with E-state index in [2.05, 4.69) is 110 Å². The van der Waals surface area contributed by atoms with Crippen molar-refractivity contribution >= 4 is 118 Å². The Balaban J connectivity index is 1.97. The predicted octanol–water partition coefficient (Wildman–Crippen LogP) is -5.73. The minimum absolute atomic E-state index is 0.000743. The highest BCUT2D eigenvalue weighted by atomic mass is 16.4. The number of phenols is 1. The predicted molar refractivity (Wildman–Crippen MR) is 487 cm³/mol. The van der Waals surface area contributed by atoms with Gasteiger partial charge in [-0.3, -0.25) is 92.9 Å². The fourth-order valence-corrected chi connectivity index (χ4v) is 13.5. The average molecular weight is 1870 g/mol. The van der Waals surface area contributed by atoms with Crippen LogP contribution in [0.3, 0.4) is 0 Å². The molecule has 16 amide bonds. The van der Waals surface area contributed by atoms with Gasteiger partial charge in [0, 0.05) is 75.5 Å². The maximum absolute atomic E-state index is 15.0. The Bertz CT molecular complexity index is 4360. The monoisotopic (exact) mass is 1870 g/mol. The van der Waals surface area contributed by atoms with Gasteiger partial charge in [0.25, 0.3) is 0 Å². The first-order valence-corrected chi connectivity index (χ1v) is 44.3. The van der Waals surface area contributed by atoms with Crippen molar-refractivity contribution in [3.05, 3.63) is 66.3 Å². The Kier molecular flexibility index (Phi) is 50.1. The van der Waals surface area contributed by atoms with Crippen molar-refractivity contribution in [2.45, 2.75) is 276 Å². The minimum atomic E-state index is -1.67. The molecule has 0 bridgehead atoms. The maximum atomic E-state index is 15.0. The van der Waals surface area contributed by atoms with E-state index in [-0.39, 0.29) is 152 Å². The molecule has 740 valence electrons. The Hall–Kier alpha value is -13.8. The van der Waals surface area contributed by atoms with Gasteiger partial charge in [-0.05, 0) is 131 Å². The molecule has 0 spiro atoms. The van der Waals surface area contributed by atoms with Gasteiger partial charge < -0.3 is 145 Å². The third-order valence-corrected chi connectivity index (χ3v) is 20.8. The number of carboxylic acids is 1. The fourth-order valence-electron chi connectivity index (χ4n) is 13.5. The smallest absolute Gasteiger partial charge is 0.326 e. The highest BCUT2D eigenvalue weighted by Crippen LogP contribution is 2.18. The van der Waals surface area contributed by atoms with Crippen LogP contribution in [-0.4, -0.2) is 259 Å². The van der Waals surface area contributed by atoms with Gasteiger partial charge in [0.15, 0.2) is 17.9 Å². The van der Waals surface area contributed by atoms with Crippen LogP contribution in [0.25, 0.3) is 0 Å². The standard InChI is InChI=1S/C84H140N30O19/c1-12-46(10)67(114-66(118)39-99-70(121)61(35-49-37-94-40-100-49)111-77(128)58(31-43(4)5)110-79(130)62(36-50-38-95-41-101-50)107-68(119)47(11)102-75(126)57(30-42(2)3)108-69(120)52(85)23-25-64(86)116)80(131)112-60(33-45(8)9)76(127)105-55(18-15-29-98-84(92)93)72(123)103-53(16-13-27-96-82(88)89)71(122)104-54(17-14-28-97-83(90)91)73(124)106-56(24-26-65(87)117)74(125)109-59(32-44(6)7)78(129)113-63(81(132)133)34-48-19-21-51(115)22-20-48/h19-22,37-38,40-47,52-63,67,115H,12-18,23-36,39,85H2,1-11H3,(H2,86,116)(H2,87,117)(H,94,100)(H,95,101)(H,99,121)(H,102,126)(H,103,123)(H,104,122)(H,105,127)(H,106,124)(H,107,119)(H,108,120)(H,109,125)(H,110,130)(H,111,128)(H,112,131)(H,113,129)(H,114,118)(H,132,133)(H4,88,89,96)(H4,90,91,97)(H4,92,93,98)/t46-,47-,52-,53-,54-,55-,56-,57-,58-,59-,60-,61-,62-,63-,67-/m0/s1. The summed E-state index contributed by atoms with van der Waals surface area (Å²) in [6.07, 6.45) is 2.96. The lowest BCUT2D eigenvalue weighted by molar-refractivity contribution is -0.142. The number of carboxylic acid groups (broad SMARTS) is 1. The summed E-state index contributed by atoms with van der Waals surface area (Å²) in [6, 6.07) is -14.7. The van der Waals surface area contributed by atoms with Gasteiger partial charge in [-0.1, -0.05) is 87.8 Å². The summed E-state index contributed by atoms with van der Waals surface area (Å²) in [5, 5.41) is 87.4. The lowest BCUT2D eigenvalue weighted by atomic mass is 9.96. The Morgan fingerprint density at radius 1 is 0.376 bits per heavy atom. The van der Waals surface area contributed by atoms with Gasteiger partial charge >= 0.3 is 5.97 Å². The molecule has 2 aromatic heterocycles. The zero-order valence-electron chi connectivity index (χ0n) is 77.3. The number of hydrogen-bond acceptors (Lipinski definition) is 24. The van der Waals surface area contributed by atoms with Crippen molar-refractivity contribution in [1.82, 2.24) is 110 Å². The molecule has 2 heterocycles. The first-order chi connectivity index (χ1) is 62.5. The number of benzene rings is 1. The number of nitrogens with one attached hydrogen (secondary N) is 22. The number of H-pyrrole nitrogens is 2. The molecule has 36 N–H and O–H groups in total. The topological polar surface area (TPSA) is 820 Å². The van der Waals surface area contributed by atoms with Crippen molar-refractivity contribution in [3.63, 3.8) is 0 Å². The average Bonchev–Trinajstić information content (AvgIpc) is 1.46. The molecular weight excluding hydrogens is 1730 g/mol. The van der Waals surface area contributed by atoms with Crippen LogP contribution in [0, 0.1) is 45.8 Å². The van der Waals surface area contributed by atoms with Crippen LogP contribution >= 0.6 is 0 Å². The number of amides is 16. The van der Waals surface area contributed by atoms with Gasteiger partial charge in [0.1, 0.15) is 84.3 Å². The SMILES string of the molecule is CC[C@H](C)[C@H](NC(=O)CNC(=O)[C@H](Cc1cnc[nH]1)NC(=O)[C@H](CC(C)C)NC(=O)[C@H](Cc1cnc[nH]1)NC(=O)[C@H](C)NC(=O)[C@H](CC(C)C)NC(=O)[C@@H](N)CCC(N)=O)C(=O)N[C@@H](CC(C)C)C(=O)N[C@@H](CCCNC(=N)N)C(=O)N[C@@H](CCCNC(=N)N)C(=O)N[C@@H](CCCNC(=N)N)C(=O)N[C@@H](CCC(N)=O)C(=O)N[C@@H](CC(C)C)C(=O)N[C@@H](Cc1ccc(O)cc1)C(=O)O. The first kappa shape index (κ1) is 113. The molecule has 0 saturated heterocycles. The van der Waals surface area contributed by atoms with Gasteiger partial charge in [-0.25, -0.2) is 14.8 Å². The number of aliphatic carboxylic acids is 1. The zero-order chi connectivity index (χ0) is 99.9. The summed E-state index contributed by atoms with van der Waals surface area (Å²) in [5.41, 5.74) is 34.6. The fraction of sp³-hybridized carbons (Fsp3) is 0.619. The molecule has 3 rings (SSSR count). The van der Waals surface area contributed by atoms with Crippen LogP contribution in [0.2, 0.25) is 0 Å². The van der Waals surface area contributed by atoms with Gasteiger partial charge in [0.2, 0.25) is 94.5 Å². The first-order valence-electron chi connectivity index (χ1n) is 44.3. The Morgan fingerprint density at radius 3 is 1.06 bits per heavy atom. The summed E-state index contributed by atoms with van der Waals surface area (Å²) in [7, 11) is 0. The third kappa shape index (κ3) is 45.1. The van der Waals surface area contributed by atoms with E-state index >= 15 is 0 Å². The number of phenolic OH excluding ortho intramolecular Hbond substituents is 1. The number of primary amides is 2. The summed E-state index contributed by atoms with van der Waals surface area (Å²) < 4.78 is 0. The van der Waals surface area contributed by atoms with Crippen molar-refractivity contribution in [2.24, 2.45) is 64.0 Å². The second-order valence-electron chi connectivity index (χ2n) is 34.4. The minimum Gasteiger partial charge on any atom is -0.508 e. The molecule has 0 fully saturated rings. The van der Waals surface area contributed by atoms with Gasteiger partial charge in [0.05, 0.1) is 25.2 Å². The molecule has 0 aliphatic carbocycles. The number of aromatic hydroxyl groups is 1. The molecule has 3 aromatic rings. The van der Waals surface area contributed by atoms with Crippen molar-refractivity contribution < 1.29 is 91.7 Å². The Morgan fingerprint density at radius 2 is 0.699 bits per heavy atom. The van der Waals surface area contributed by atoms with Crippen molar-refractivity contribution in [3.8, 4) is 5.75 Å². The van der Waals surface area contributed by atoms with Crippen LogP contribution in [0.4, 0.5) is 0 Å². The third-order valence-electron chi connectivity index (χ3n) is 20.8. The molecule has 1 aromatic carbocycles. The highest BCUT2D eigenvalue weighted by molar-refractivity contribution is 6.01. The van der Waals surface area contributed by atoms with E-state index in [9.17, 15) is 91.7 Å². The number of hydrogen-bond donors (Lipinski definition) is 30. The number of aromatic amines is 2. The van der Waals surface area contributed by atoms with Crippen molar-refractivity contribution in [2.75, 3.05) is 26.2 Å². The van der Waals surface area contributed by atoms with Crippen LogP contribution in [0.15, 0.2) is 49.3 Å². The molecule has 49 heteroatoms. The number of rotatable bonds is 63. The van der Waals surface area contributed by atoms with Crippen LogP contribution in [-0.2, 0) is 101 Å². The number of nitrogens with two attached hydrogens (primary N) is 6. The molecule has 15 atom stereocenters. The summed E-state index contributed by atoms with van der Waals surface area (Å²) in [6.45, 7) is 17.8. The van der Waals surface area contributed by atoms with E-state index in [1.165, 1.54) is 56.2 Å². The lowest BCUT2D eigenvalue weighted by Crippen LogP contribution is -2.61. The van der Waals surface area contributed by atoms with E-state index in [4.69, 9.17) is 50.6 Å². The van der Waals surface area contributed by atoms with E-state index in [0.717, 1.165) is 0 Å². The van der Waals surface area contributed by atoms with E-state index in [1.807, 2.05) is 0 Å². The largest absolute Gasteiger partial charge is 0.508 e. The number of aromatic nitrogens is 4. The van der Waals surface area contributed by atoms with Gasteiger partial charge in [-0.2, -0.15) is 0 Å². The van der Waals surface area contributed by atoms with Gasteiger partial charge in [-0.15, -0.1) is 0 Å². The molecule has 0 aliphatic heterocycles. The summed E-state index contributed by atoms with van der Waals surface area (Å²) in [5.74, 6) is -19.0. The van der Waals surface area contributed by atoms with Crippen LogP contribution < -0.4 is 125 Å². The number of guanidine groups is 3. The second-order valence-corrected chi connectivity index (χ2v) is 34.4. The van der Waals surface area contributed by atoms with Crippen LogP contribution in [0.5, 0.6) is 5.75 Å². The van der Waals surface area contributed by atoms with Crippen molar-refractivity contribution in [1.29, 1.82) is 16.2 Å². The molecule has 0 unspecified atom stereocenters. The number of nitrogens with zero attached hydrogens (tertiary/aromatic N) is 2. The molecular formula is C84H140N30O19. The molecule has 133 heavy (non-hydrogen) atoms. The molecule has 49 nitrogen and oxygen atoms in total. The van der Waals surface area contributed by atoms with E-state index in [0.29, 0.717) is 17.0 Å². The molecule has 0 radical (unpaired) electrons. The summed E-state index contributed by atoms with van der Waals surface area (Å²) >= 11 is 0. The van der Waals surface area contributed by atoms with Crippen LogP contribution in [0.1, 0.15) is 189 Å². The number of carbonyl (C=O) groups is 17. The number of carbonyl (C=O) groups excluding carboxylic acids is 16. The maximum Gasteiger partial charge on any atom is 0.326 e. The molecule has 0 saturated carbocycles. The second kappa shape index (κ2) is 58.8. The number of imidazole rings is 2. The quantitative estimate of drug-likeness (QED) is 0.0142. The highest BCUT2D eigenvalue weighted by Gasteiger charge is 2.39. The summed E-state index contributed by atoms with van der Waals surface area (Å²) in [4.78, 5) is 251.